The molecule has 4 nitrogen and oxygen atoms in total. The molecule has 3 rings (SSSR count). The van der Waals surface area contributed by atoms with Crippen molar-refractivity contribution < 1.29 is 4.79 Å². The number of nitrogens with zero attached hydrogens (tertiary/aromatic N) is 3. The van der Waals surface area contributed by atoms with E-state index in [2.05, 4.69) is 36.3 Å². The Labute approximate surface area is 129 Å². The number of carbonyl (C=O) groups is 1. The molecule has 1 aromatic heterocycles. The average Bonchev–Trinajstić information content (AvgIpc) is 3.07. The van der Waals surface area contributed by atoms with E-state index < -0.39 is 0 Å². The van der Waals surface area contributed by atoms with Crippen molar-refractivity contribution in [2.24, 2.45) is 0 Å². The Kier molecular flexibility index (Phi) is 3.97. The van der Waals surface area contributed by atoms with Gasteiger partial charge in [-0.3, -0.25) is 9.48 Å². The average molecular weight is 304 g/mol. The molecule has 0 aliphatic carbocycles. The Morgan fingerprint density at radius 1 is 1.48 bits per heavy atom. The van der Waals surface area contributed by atoms with E-state index in [9.17, 15) is 4.79 Å². The maximum atomic E-state index is 12.5. The molecular weight excluding hydrogens is 286 g/mol. The highest BCUT2D eigenvalue weighted by Crippen LogP contribution is 2.32. The van der Waals surface area contributed by atoms with E-state index in [0.717, 1.165) is 19.4 Å². The number of hydrogen-bond donors (Lipinski definition) is 0. The Morgan fingerprint density at radius 2 is 2.33 bits per heavy atom. The van der Waals surface area contributed by atoms with Crippen LogP contribution in [0.2, 0.25) is 5.02 Å². The third-order valence-electron chi connectivity index (χ3n) is 3.90. The monoisotopic (exact) mass is 303 g/mol. The van der Waals surface area contributed by atoms with Gasteiger partial charge >= 0.3 is 0 Å². The number of hydrogen-bond acceptors (Lipinski definition) is 2. The van der Waals surface area contributed by atoms with Crippen LogP contribution in [0.15, 0.2) is 36.7 Å². The summed E-state index contributed by atoms with van der Waals surface area (Å²) in [7, 11) is 0. The molecule has 21 heavy (non-hydrogen) atoms. The van der Waals surface area contributed by atoms with Gasteiger partial charge in [0.1, 0.15) is 6.54 Å². The molecule has 1 aromatic carbocycles. The van der Waals surface area contributed by atoms with Crippen LogP contribution in [-0.4, -0.2) is 27.1 Å². The molecule has 110 valence electrons. The molecular formula is C16H18ClN3O. The van der Waals surface area contributed by atoms with Gasteiger partial charge in [-0.1, -0.05) is 41.4 Å². The molecule has 1 atom stereocenters. The SMILES string of the molecule is Cc1cccc(C2CCCN2C(=O)Cn2cc(Cl)cn2)c1. The molecule has 0 saturated carbocycles. The number of halogens is 1. The van der Waals surface area contributed by atoms with Crippen molar-refractivity contribution in [3.63, 3.8) is 0 Å². The minimum Gasteiger partial charge on any atom is -0.334 e. The first kappa shape index (κ1) is 14.1. The predicted octanol–water partition coefficient (Wildman–Crippen LogP) is 3.21. The van der Waals surface area contributed by atoms with Crippen molar-refractivity contribution >= 4 is 17.5 Å². The van der Waals surface area contributed by atoms with E-state index in [1.165, 1.54) is 11.1 Å². The lowest BCUT2D eigenvalue weighted by molar-refractivity contribution is -0.133. The zero-order chi connectivity index (χ0) is 14.8. The zero-order valence-corrected chi connectivity index (χ0v) is 12.8. The molecule has 0 spiro atoms. The van der Waals surface area contributed by atoms with Crippen molar-refractivity contribution in [2.45, 2.75) is 32.4 Å². The van der Waals surface area contributed by atoms with Gasteiger partial charge in [-0.25, -0.2) is 0 Å². The quantitative estimate of drug-likeness (QED) is 0.873. The first-order chi connectivity index (χ1) is 10.1. The maximum Gasteiger partial charge on any atom is 0.244 e. The van der Waals surface area contributed by atoms with E-state index in [1.807, 2.05) is 4.90 Å². The number of carbonyl (C=O) groups excluding carboxylic acids is 1. The summed E-state index contributed by atoms with van der Waals surface area (Å²) in [6, 6.07) is 8.59. The first-order valence-electron chi connectivity index (χ1n) is 7.17. The third-order valence-corrected chi connectivity index (χ3v) is 4.09. The second-order valence-corrected chi connectivity index (χ2v) is 5.95. The van der Waals surface area contributed by atoms with Crippen LogP contribution in [0.1, 0.15) is 30.0 Å². The number of benzene rings is 1. The smallest absolute Gasteiger partial charge is 0.244 e. The van der Waals surface area contributed by atoms with Gasteiger partial charge in [0.05, 0.1) is 17.3 Å². The molecule has 0 bridgehead atoms. The number of aryl methyl sites for hydroxylation is 1. The van der Waals surface area contributed by atoms with Gasteiger partial charge in [0.2, 0.25) is 5.91 Å². The highest BCUT2D eigenvalue weighted by molar-refractivity contribution is 6.30. The summed E-state index contributed by atoms with van der Waals surface area (Å²) in [5, 5.41) is 4.63. The highest BCUT2D eigenvalue weighted by atomic mass is 35.5. The van der Waals surface area contributed by atoms with Crippen molar-refractivity contribution in [3.05, 3.63) is 52.8 Å². The summed E-state index contributed by atoms with van der Waals surface area (Å²) >= 11 is 5.84. The fraction of sp³-hybridized carbons (Fsp3) is 0.375. The highest BCUT2D eigenvalue weighted by Gasteiger charge is 2.29. The second-order valence-electron chi connectivity index (χ2n) is 5.52. The van der Waals surface area contributed by atoms with Crippen LogP contribution in [0.5, 0.6) is 0 Å². The zero-order valence-electron chi connectivity index (χ0n) is 12.0. The van der Waals surface area contributed by atoms with Crippen molar-refractivity contribution in [3.8, 4) is 0 Å². The number of aromatic nitrogens is 2. The summed E-state index contributed by atoms with van der Waals surface area (Å²) in [6.45, 7) is 3.14. The van der Waals surface area contributed by atoms with Gasteiger partial charge in [-0.2, -0.15) is 5.10 Å². The van der Waals surface area contributed by atoms with E-state index in [1.54, 1.807) is 17.1 Å². The van der Waals surface area contributed by atoms with Gasteiger partial charge in [0.15, 0.2) is 0 Å². The van der Waals surface area contributed by atoms with Crippen LogP contribution < -0.4 is 0 Å². The van der Waals surface area contributed by atoms with Gasteiger partial charge in [-0.15, -0.1) is 0 Å². The summed E-state index contributed by atoms with van der Waals surface area (Å²) in [4.78, 5) is 14.5. The normalized spacial score (nSPS) is 18.2. The minimum absolute atomic E-state index is 0.0961. The van der Waals surface area contributed by atoms with Crippen molar-refractivity contribution in [1.29, 1.82) is 0 Å². The minimum atomic E-state index is 0.0961. The fourth-order valence-electron chi connectivity index (χ4n) is 2.94. The lowest BCUT2D eigenvalue weighted by atomic mass is 10.0. The van der Waals surface area contributed by atoms with E-state index >= 15 is 0 Å². The molecule has 0 radical (unpaired) electrons. The largest absolute Gasteiger partial charge is 0.334 e. The Morgan fingerprint density at radius 3 is 3.05 bits per heavy atom. The van der Waals surface area contributed by atoms with Gasteiger partial charge < -0.3 is 4.90 Å². The van der Waals surface area contributed by atoms with Gasteiger partial charge in [0.25, 0.3) is 0 Å². The maximum absolute atomic E-state index is 12.5. The molecule has 2 aromatic rings. The molecule has 5 heteroatoms. The number of amides is 1. The van der Waals surface area contributed by atoms with E-state index in [-0.39, 0.29) is 18.5 Å². The lowest BCUT2D eigenvalue weighted by Crippen LogP contribution is -2.33. The predicted molar refractivity (Wildman–Crippen MR) is 82.1 cm³/mol. The number of likely N-dealkylation sites (tertiary alicyclic amines) is 1. The summed E-state index contributed by atoms with van der Waals surface area (Å²) in [5.74, 6) is 0.0961. The van der Waals surface area contributed by atoms with Gasteiger partial charge in [0, 0.05) is 12.7 Å². The van der Waals surface area contributed by atoms with Crippen molar-refractivity contribution in [1.82, 2.24) is 14.7 Å². The van der Waals surface area contributed by atoms with Crippen LogP contribution in [0, 0.1) is 6.92 Å². The molecule has 2 heterocycles. The van der Waals surface area contributed by atoms with E-state index in [4.69, 9.17) is 11.6 Å². The number of rotatable bonds is 3. The molecule has 0 N–H and O–H groups in total. The van der Waals surface area contributed by atoms with Crippen LogP contribution in [0.4, 0.5) is 0 Å². The molecule has 1 saturated heterocycles. The van der Waals surface area contributed by atoms with Gasteiger partial charge in [-0.05, 0) is 25.3 Å². The Balaban J connectivity index is 1.75. The summed E-state index contributed by atoms with van der Waals surface area (Å²) in [5.41, 5.74) is 2.45. The summed E-state index contributed by atoms with van der Waals surface area (Å²) in [6.07, 6.45) is 5.30. The summed E-state index contributed by atoms with van der Waals surface area (Å²) < 4.78 is 1.59. The van der Waals surface area contributed by atoms with Crippen molar-refractivity contribution in [2.75, 3.05) is 6.54 Å². The molecule has 1 unspecified atom stereocenters. The second kappa shape index (κ2) is 5.90. The van der Waals surface area contributed by atoms with Crippen LogP contribution in [0.3, 0.4) is 0 Å². The van der Waals surface area contributed by atoms with Crippen LogP contribution in [-0.2, 0) is 11.3 Å². The topological polar surface area (TPSA) is 38.1 Å². The van der Waals surface area contributed by atoms with Crippen LogP contribution >= 0.6 is 11.6 Å². The molecule has 1 aliphatic rings. The molecule has 1 amide bonds. The fourth-order valence-corrected chi connectivity index (χ4v) is 3.10. The van der Waals surface area contributed by atoms with Crippen LogP contribution in [0.25, 0.3) is 0 Å². The third kappa shape index (κ3) is 3.10. The standard InChI is InChI=1S/C16H18ClN3O/c1-12-4-2-5-13(8-12)15-6-3-7-20(15)16(21)11-19-10-14(17)9-18-19/h2,4-5,8-10,15H,3,6-7,11H2,1H3. The molecule has 1 aliphatic heterocycles. The Bertz CT molecular complexity index is 652. The first-order valence-corrected chi connectivity index (χ1v) is 7.55. The Hall–Kier alpha value is -1.81. The van der Waals surface area contributed by atoms with E-state index in [0.29, 0.717) is 5.02 Å². The molecule has 1 fully saturated rings. The lowest BCUT2D eigenvalue weighted by Gasteiger charge is -2.25.